The normalized spacial score (nSPS) is 17.0. The number of alkyl halides is 3. The Kier molecular flexibility index (Phi) is 4.04. The number of hydrogen-bond donors (Lipinski definition) is 1. The van der Waals surface area contributed by atoms with Crippen LogP contribution in [0.2, 0.25) is 0 Å². The van der Waals surface area contributed by atoms with E-state index < -0.39 is 17.6 Å². The van der Waals surface area contributed by atoms with E-state index in [0.717, 1.165) is 12.1 Å². The topological polar surface area (TPSA) is 37.4 Å². The average Bonchev–Trinajstić information content (AvgIpc) is 3.03. The highest BCUT2D eigenvalue weighted by Gasteiger charge is 2.31. The Labute approximate surface area is 135 Å². The van der Waals surface area contributed by atoms with Gasteiger partial charge < -0.3 is 10.2 Å². The van der Waals surface area contributed by atoms with Crippen LogP contribution in [0.5, 0.6) is 5.88 Å². The van der Waals surface area contributed by atoms with Crippen LogP contribution < -0.4 is 15.2 Å². The lowest BCUT2D eigenvalue weighted by Crippen LogP contribution is -2.32. The first-order chi connectivity index (χ1) is 11.4. The number of nitrogens with one attached hydrogen (secondary N) is 1. The number of hydrazine groups is 1. The van der Waals surface area contributed by atoms with Gasteiger partial charge >= 0.3 is 6.18 Å². The van der Waals surface area contributed by atoms with Crippen molar-refractivity contribution in [2.45, 2.75) is 12.2 Å². The number of halogens is 4. The Balaban J connectivity index is 1.88. The van der Waals surface area contributed by atoms with Crippen LogP contribution in [0.15, 0.2) is 48.8 Å². The molecule has 1 atom stereocenters. The van der Waals surface area contributed by atoms with Gasteiger partial charge in [-0.2, -0.15) is 13.2 Å². The minimum atomic E-state index is -4.38. The Morgan fingerprint density at radius 3 is 2.50 bits per heavy atom. The number of hydrogen-bond acceptors (Lipinski definition) is 4. The van der Waals surface area contributed by atoms with E-state index in [1.54, 1.807) is 17.3 Å². The molecule has 4 nitrogen and oxygen atoms in total. The van der Waals surface area contributed by atoms with E-state index in [2.05, 4.69) is 10.4 Å². The zero-order valence-corrected chi connectivity index (χ0v) is 12.5. The summed E-state index contributed by atoms with van der Waals surface area (Å²) in [6.07, 6.45) is 0.416. The van der Waals surface area contributed by atoms with E-state index in [-0.39, 0.29) is 11.9 Å². The van der Waals surface area contributed by atoms with Crippen molar-refractivity contribution in [1.29, 1.82) is 0 Å². The molecular formula is C16H13F4N3O. The molecule has 1 aliphatic heterocycles. The largest absolute Gasteiger partial charge is 0.479 e. The Morgan fingerprint density at radius 2 is 1.92 bits per heavy atom. The molecule has 0 aliphatic carbocycles. The van der Waals surface area contributed by atoms with Crippen molar-refractivity contribution < 1.29 is 22.3 Å². The molecule has 8 heteroatoms. The van der Waals surface area contributed by atoms with E-state index in [1.165, 1.54) is 31.5 Å². The number of rotatable bonds is 3. The van der Waals surface area contributed by atoms with Crippen molar-refractivity contribution in [3.05, 3.63) is 65.7 Å². The lowest BCUT2D eigenvalue weighted by Gasteiger charge is -2.27. The van der Waals surface area contributed by atoms with E-state index in [0.29, 0.717) is 11.3 Å². The lowest BCUT2D eigenvalue weighted by atomic mass is 10.0. The van der Waals surface area contributed by atoms with E-state index in [1.807, 2.05) is 0 Å². The molecule has 0 saturated heterocycles. The van der Waals surface area contributed by atoms with E-state index in [4.69, 9.17) is 4.74 Å². The molecule has 2 aromatic rings. The Hall–Kier alpha value is -2.77. The van der Waals surface area contributed by atoms with Gasteiger partial charge in [0.2, 0.25) is 5.88 Å². The van der Waals surface area contributed by atoms with Crippen molar-refractivity contribution in [2.75, 3.05) is 12.1 Å². The summed E-state index contributed by atoms with van der Waals surface area (Å²) in [5, 5.41) is 1.60. The summed E-state index contributed by atoms with van der Waals surface area (Å²) in [6.45, 7) is 0. The van der Waals surface area contributed by atoms with Crippen molar-refractivity contribution in [2.24, 2.45) is 0 Å². The highest BCUT2D eigenvalue weighted by atomic mass is 19.4. The van der Waals surface area contributed by atoms with Gasteiger partial charge in [0.1, 0.15) is 0 Å². The maximum atomic E-state index is 13.8. The maximum absolute atomic E-state index is 13.8. The summed E-state index contributed by atoms with van der Waals surface area (Å²) in [7, 11) is 1.31. The molecule has 126 valence electrons. The molecule has 0 bridgehead atoms. The van der Waals surface area contributed by atoms with Crippen molar-refractivity contribution >= 4 is 5.69 Å². The minimum absolute atomic E-state index is 0.128. The second-order valence-electron chi connectivity index (χ2n) is 5.11. The first kappa shape index (κ1) is 16.1. The van der Waals surface area contributed by atoms with Gasteiger partial charge in [-0.15, -0.1) is 0 Å². The van der Waals surface area contributed by atoms with Crippen LogP contribution in [-0.4, -0.2) is 12.1 Å². The number of pyridine rings is 1. The third kappa shape index (κ3) is 2.99. The van der Waals surface area contributed by atoms with Gasteiger partial charge in [0.25, 0.3) is 0 Å². The van der Waals surface area contributed by atoms with Crippen LogP contribution in [0.1, 0.15) is 17.2 Å². The van der Waals surface area contributed by atoms with Crippen LogP contribution in [0.3, 0.4) is 0 Å². The SMILES string of the molecule is COc1ncc(N2NC=CC2c2ccc(C(F)(F)F)cc2)cc1F. The Morgan fingerprint density at radius 1 is 1.21 bits per heavy atom. The molecule has 2 heterocycles. The zero-order valence-electron chi connectivity index (χ0n) is 12.5. The summed E-state index contributed by atoms with van der Waals surface area (Å²) in [6, 6.07) is 5.68. The molecule has 0 saturated carbocycles. The summed E-state index contributed by atoms with van der Waals surface area (Å²) >= 11 is 0. The molecule has 3 rings (SSSR count). The number of benzene rings is 1. The fraction of sp³-hybridized carbons (Fsp3) is 0.188. The summed E-state index contributed by atoms with van der Waals surface area (Å²) in [5.41, 5.74) is 3.24. The highest BCUT2D eigenvalue weighted by Crippen LogP contribution is 2.34. The highest BCUT2D eigenvalue weighted by molar-refractivity contribution is 5.51. The zero-order chi connectivity index (χ0) is 17.3. The molecule has 1 N–H and O–H groups in total. The molecule has 0 spiro atoms. The van der Waals surface area contributed by atoms with Gasteiger partial charge in [0, 0.05) is 12.3 Å². The second kappa shape index (κ2) is 6.03. The van der Waals surface area contributed by atoms with Crippen molar-refractivity contribution in [3.8, 4) is 5.88 Å². The lowest BCUT2D eigenvalue weighted by molar-refractivity contribution is -0.137. The molecule has 0 radical (unpaired) electrons. The van der Waals surface area contributed by atoms with Crippen LogP contribution in [0, 0.1) is 5.82 Å². The van der Waals surface area contributed by atoms with Gasteiger partial charge in [0.05, 0.1) is 30.6 Å². The van der Waals surface area contributed by atoms with Gasteiger partial charge in [-0.1, -0.05) is 12.1 Å². The summed E-state index contributed by atoms with van der Waals surface area (Å²) in [5.74, 6) is -0.758. The molecule has 24 heavy (non-hydrogen) atoms. The molecular weight excluding hydrogens is 326 g/mol. The van der Waals surface area contributed by atoms with Crippen LogP contribution in [0.25, 0.3) is 0 Å². The molecule has 1 aromatic heterocycles. The predicted molar refractivity (Wildman–Crippen MR) is 79.7 cm³/mol. The fourth-order valence-electron chi connectivity index (χ4n) is 2.44. The van der Waals surface area contributed by atoms with Gasteiger partial charge in [-0.05, 0) is 23.8 Å². The number of nitrogens with zero attached hydrogens (tertiary/aromatic N) is 2. The van der Waals surface area contributed by atoms with Crippen molar-refractivity contribution in [1.82, 2.24) is 10.4 Å². The fourth-order valence-corrected chi connectivity index (χ4v) is 2.44. The van der Waals surface area contributed by atoms with Crippen LogP contribution in [0.4, 0.5) is 23.2 Å². The maximum Gasteiger partial charge on any atom is 0.416 e. The van der Waals surface area contributed by atoms with Gasteiger partial charge in [0.15, 0.2) is 5.82 Å². The third-order valence-corrected chi connectivity index (χ3v) is 3.61. The third-order valence-electron chi connectivity index (χ3n) is 3.61. The minimum Gasteiger partial charge on any atom is -0.479 e. The molecule has 1 aromatic carbocycles. The summed E-state index contributed by atoms with van der Waals surface area (Å²) < 4.78 is 56.6. The number of anilines is 1. The molecule has 1 aliphatic rings. The van der Waals surface area contributed by atoms with Crippen LogP contribution in [-0.2, 0) is 6.18 Å². The monoisotopic (exact) mass is 339 g/mol. The Bertz CT molecular complexity index is 759. The van der Waals surface area contributed by atoms with Gasteiger partial charge in [-0.3, -0.25) is 5.01 Å². The quantitative estimate of drug-likeness (QED) is 0.863. The second-order valence-corrected chi connectivity index (χ2v) is 5.11. The first-order valence-corrected chi connectivity index (χ1v) is 6.99. The number of aromatic nitrogens is 1. The summed E-state index contributed by atoms with van der Waals surface area (Å²) in [4.78, 5) is 3.86. The van der Waals surface area contributed by atoms with Crippen molar-refractivity contribution in [3.63, 3.8) is 0 Å². The predicted octanol–water partition coefficient (Wildman–Crippen LogP) is 3.83. The first-order valence-electron chi connectivity index (χ1n) is 6.99. The molecule has 1 unspecified atom stereocenters. The molecule has 0 fully saturated rings. The standard InChI is InChI=1S/C16H13F4N3O/c1-24-15-13(17)8-12(9-21-15)23-14(6-7-22-23)10-2-4-11(5-3-10)16(18,19)20/h2-9,14,22H,1H3. The smallest absolute Gasteiger partial charge is 0.416 e. The van der Waals surface area contributed by atoms with E-state index in [9.17, 15) is 17.6 Å². The van der Waals surface area contributed by atoms with Gasteiger partial charge in [-0.25, -0.2) is 9.37 Å². The average molecular weight is 339 g/mol. The number of methoxy groups -OCH3 is 1. The van der Waals surface area contributed by atoms with Crippen LogP contribution >= 0.6 is 0 Å². The molecule has 0 amide bonds. The van der Waals surface area contributed by atoms with E-state index >= 15 is 0 Å². The number of ether oxygens (including phenoxy) is 1.